The molecule has 72 heavy (non-hydrogen) atoms. The molecule has 0 atom stereocenters. The van der Waals surface area contributed by atoms with Crippen LogP contribution in [0.4, 0.5) is 105 Å². The van der Waals surface area contributed by atoms with E-state index in [0.29, 0.717) is 5.88 Å². The zero-order valence-electron chi connectivity index (χ0n) is 34.9. The first kappa shape index (κ1) is 56.8. The highest BCUT2D eigenvalue weighted by Gasteiger charge is 2.47. The average Bonchev–Trinajstić information content (AvgIpc) is 3.25. The molecule has 0 saturated carbocycles. The standard InChI is InChI=1S/C32H12BF24.C12H12ClN2/c34-25(35,36)13-1-14(26(37,38)39)6-21(5-13)33(22-7-15(27(40,41)42)2-16(8-22)28(43,44)45,23-9-17(29(46,47)48)3-18(10-23)30(49,50)51)24-11-19(31(52,53)54)4-20(12-24)32(55,56)57;13-8-12-9-14-6-7-15(12)10-11-4-2-1-3-5-11/h1-12H;1-7,9H,8,10H2/q-1;+1. The van der Waals surface area contributed by atoms with E-state index in [-0.39, 0.29) is 0 Å². The third-order valence-electron chi connectivity index (χ3n) is 10.7. The molecule has 0 bridgehead atoms. The highest BCUT2D eigenvalue weighted by molar-refractivity contribution is 7.20. The van der Waals surface area contributed by atoms with E-state index in [2.05, 4.69) is 21.7 Å². The Morgan fingerprint density at radius 1 is 0.375 bits per heavy atom. The first-order chi connectivity index (χ1) is 32.7. The van der Waals surface area contributed by atoms with Gasteiger partial charge in [-0.2, -0.15) is 132 Å². The van der Waals surface area contributed by atoms with Crippen molar-refractivity contribution in [2.24, 2.45) is 0 Å². The van der Waals surface area contributed by atoms with Crippen molar-refractivity contribution >= 4 is 39.6 Å². The van der Waals surface area contributed by atoms with Crippen molar-refractivity contribution in [2.45, 2.75) is 61.8 Å². The van der Waals surface area contributed by atoms with Gasteiger partial charge in [0.15, 0.2) is 12.7 Å². The molecule has 6 aromatic rings. The first-order valence-electron chi connectivity index (χ1n) is 19.4. The number of benzene rings is 5. The summed E-state index contributed by atoms with van der Waals surface area (Å²) in [6.45, 7) is 0.839. The number of halogens is 25. The second-order valence-corrected chi connectivity index (χ2v) is 15.8. The van der Waals surface area contributed by atoms with Gasteiger partial charge >= 0.3 is 49.4 Å². The molecule has 0 aliphatic carbocycles. The van der Waals surface area contributed by atoms with Gasteiger partial charge in [0.25, 0.3) is 0 Å². The molecule has 0 radical (unpaired) electrons. The Bertz CT molecular complexity index is 2440. The van der Waals surface area contributed by atoms with Crippen LogP contribution >= 0.6 is 11.6 Å². The van der Waals surface area contributed by atoms with E-state index < -0.39 is 195 Å². The summed E-state index contributed by atoms with van der Waals surface area (Å²) < 4.78 is 343. The molecule has 2 nitrogen and oxygen atoms in total. The van der Waals surface area contributed by atoms with Gasteiger partial charge in [-0.1, -0.05) is 78.9 Å². The summed E-state index contributed by atoms with van der Waals surface area (Å²) in [6.07, 6.45) is -49.3. The molecule has 6 rings (SSSR count). The smallest absolute Gasteiger partial charge is 0.252 e. The van der Waals surface area contributed by atoms with Crippen molar-refractivity contribution < 1.29 is 110 Å². The molecule has 0 N–H and O–H groups in total. The van der Waals surface area contributed by atoms with Crippen LogP contribution in [0.5, 0.6) is 0 Å². The SMILES string of the molecule is ClCc1cncc[n+]1Cc1ccccc1.FC(F)(F)c1cc([B-](c2cc(C(F)(F)F)cc(C(F)(F)F)c2)(c2cc(C(F)(F)F)cc(C(F)(F)F)c2)c2cc(C(F)(F)F)cc(C(F)(F)F)c2)cc(C(F)(F)F)c1. The summed E-state index contributed by atoms with van der Waals surface area (Å²) in [5.41, 5.74) is -27.9. The van der Waals surface area contributed by atoms with Crippen molar-refractivity contribution in [2.75, 3.05) is 0 Å². The summed E-state index contributed by atoms with van der Waals surface area (Å²) in [5.74, 6) is 0.487. The van der Waals surface area contributed by atoms with Gasteiger partial charge in [-0.05, 0) is 24.3 Å². The maximum Gasteiger partial charge on any atom is 0.416 e. The molecular weight excluding hydrogens is 1060 g/mol. The fraction of sp³-hybridized carbons (Fsp3) is 0.227. The normalized spacial score (nSPS) is 13.5. The molecule has 28 heteroatoms. The summed E-state index contributed by atoms with van der Waals surface area (Å²) in [5, 5.41) is 0. The van der Waals surface area contributed by atoms with Crippen molar-refractivity contribution in [3.63, 3.8) is 0 Å². The molecule has 1 heterocycles. The lowest BCUT2D eigenvalue weighted by atomic mass is 9.12. The number of nitrogens with zero attached hydrogens (tertiary/aromatic N) is 2. The lowest BCUT2D eigenvalue weighted by Gasteiger charge is -2.46. The maximum absolute atomic E-state index is 14.2. The van der Waals surface area contributed by atoms with Gasteiger partial charge in [0.2, 0.25) is 5.69 Å². The molecular formula is C44H24BClF24N2. The van der Waals surface area contributed by atoms with E-state index in [0.717, 1.165) is 12.2 Å². The predicted octanol–water partition coefficient (Wildman–Crippen LogP) is 13.4. The largest absolute Gasteiger partial charge is 0.416 e. The Morgan fingerprint density at radius 3 is 0.847 bits per heavy atom. The molecule has 1 aromatic heterocycles. The zero-order chi connectivity index (χ0) is 54.4. The number of alkyl halides is 25. The lowest BCUT2D eigenvalue weighted by molar-refractivity contribution is -0.695. The Morgan fingerprint density at radius 2 is 0.625 bits per heavy atom. The second kappa shape index (κ2) is 19.7. The van der Waals surface area contributed by atoms with Gasteiger partial charge < -0.3 is 0 Å². The highest BCUT2D eigenvalue weighted by atomic mass is 35.5. The first-order valence-corrected chi connectivity index (χ1v) is 20.0. The molecule has 0 amide bonds. The summed E-state index contributed by atoms with van der Waals surface area (Å²) in [7, 11) is 0. The Balaban J connectivity index is 0.000000542. The van der Waals surface area contributed by atoms with Crippen LogP contribution in [0.3, 0.4) is 0 Å². The minimum Gasteiger partial charge on any atom is -0.252 e. The van der Waals surface area contributed by atoms with Crippen LogP contribution in [0, 0.1) is 0 Å². The van der Waals surface area contributed by atoms with Crippen molar-refractivity contribution in [1.82, 2.24) is 4.98 Å². The van der Waals surface area contributed by atoms with Gasteiger partial charge in [-0.3, -0.25) is 4.98 Å². The molecule has 0 aliphatic rings. The third-order valence-corrected chi connectivity index (χ3v) is 11.0. The van der Waals surface area contributed by atoms with E-state index >= 15 is 0 Å². The van der Waals surface area contributed by atoms with Crippen LogP contribution in [0.1, 0.15) is 55.8 Å². The minimum absolute atomic E-state index is 0.487. The number of rotatable bonds is 7. The molecule has 388 valence electrons. The highest BCUT2D eigenvalue weighted by Crippen LogP contribution is 2.41. The lowest BCUT2D eigenvalue weighted by Crippen LogP contribution is -2.75. The van der Waals surface area contributed by atoms with Crippen molar-refractivity contribution in [3.8, 4) is 0 Å². The molecule has 0 fully saturated rings. The van der Waals surface area contributed by atoms with Gasteiger partial charge in [0, 0.05) is 5.56 Å². The van der Waals surface area contributed by atoms with Gasteiger partial charge in [0.1, 0.15) is 12.0 Å². The van der Waals surface area contributed by atoms with Crippen LogP contribution in [-0.4, -0.2) is 11.1 Å². The quantitative estimate of drug-likeness (QED) is 0.0674. The topological polar surface area (TPSA) is 16.8 Å². The Hall–Kier alpha value is -6.15. The van der Waals surface area contributed by atoms with Gasteiger partial charge in [0.05, 0.1) is 56.9 Å². The fourth-order valence-corrected chi connectivity index (χ4v) is 7.76. The van der Waals surface area contributed by atoms with Crippen LogP contribution in [0.15, 0.2) is 122 Å². The molecule has 0 unspecified atom stereocenters. The second-order valence-electron chi connectivity index (χ2n) is 15.5. The Kier molecular flexibility index (Phi) is 15.5. The zero-order valence-corrected chi connectivity index (χ0v) is 35.6. The van der Waals surface area contributed by atoms with E-state index in [1.807, 2.05) is 24.4 Å². The minimum atomic E-state index is -6.13. The molecule has 0 spiro atoms. The van der Waals surface area contributed by atoms with E-state index in [4.69, 9.17) is 11.6 Å². The summed E-state index contributed by atoms with van der Waals surface area (Å²) >= 11 is 5.84. The number of aromatic nitrogens is 2. The van der Waals surface area contributed by atoms with Crippen LogP contribution in [0.2, 0.25) is 0 Å². The number of hydrogen-bond donors (Lipinski definition) is 0. The maximum atomic E-state index is 14.2. The van der Waals surface area contributed by atoms with Gasteiger partial charge in [-0.25, -0.2) is 0 Å². The Labute approximate surface area is 393 Å². The van der Waals surface area contributed by atoms with Crippen LogP contribution in [0.25, 0.3) is 0 Å². The van der Waals surface area contributed by atoms with Crippen LogP contribution in [-0.2, 0) is 61.8 Å². The predicted molar refractivity (Wildman–Crippen MR) is 210 cm³/mol. The van der Waals surface area contributed by atoms with E-state index in [1.165, 1.54) is 5.56 Å². The third kappa shape index (κ3) is 13.1. The summed E-state index contributed by atoms with van der Waals surface area (Å²) in [4.78, 5) is 4.05. The molecule has 0 saturated heterocycles. The van der Waals surface area contributed by atoms with Gasteiger partial charge in [-0.15, -0.1) is 11.6 Å². The number of hydrogen-bond acceptors (Lipinski definition) is 1. The average molecular weight is 1080 g/mol. The van der Waals surface area contributed by atoms with E-state index in [1.54, 1.807) is 12.4 Å². The summed E-state index contributed by atoms with van der Waals surface area (Å²) in [6, 6.07) is 1.49. The van der Waals surface area contributed by atoms with Crippen molar-refractivity contribution in [3.05, 3.63) is 177 Å². The van der Waals surface area contributed by atoms with Crippen LogP contribution < -0.4 is 26.4 Å². The van der Waals surface area contributed by atoms with Crippen molar-refractivity contribution in [1.29, 1.82) is 0 Å². The van der Waals surface area contributed by atoms with E-state index in [9.17, 15) is 105 Å². The molecule has 5 aromatic carbocycles. The monoisotopic (exact) mass is 1080 g/mol. The molecule has 0 aliphatic heterocycles. The fourth-order valence-electron chi connectivity index (χ4n) is 7.53.